The fraction of sp³-hybridized carbons (Fsp3) is 0.375. The molecule has 0 nitrogen and oxygen atoms in total. The van der Waals surface area contributed by atoms with Crippen molar-refractivity contribution in [2.45, 2.75) is 34.1 Å². The Kier molecular flexibility index (Phi) is 3.74. The van der Waals surface area contributed by atoms with Crippen LogP contribution < -0.4 is 0 Å². The summed E-state index contributed by atoms with van der Waals surface area (Å²) in [5.74, 6) is 0. The van der Waals surface area contributed by atoms with Crippen LogP contribution in [0.25, 0.3) is 11.1 Å². The molecule has 0 atom stereocenters. The van der Waals surface area contributed by atoms with Gasteiger partial charge in [-0.3, -0.25) is 0 Å². The molecule has 0 spiro atoms. The van der Waals surface area contributed by atoms with E-state index in [4.69, 9.17) is 0 Å². The van der Waals surface area contributed by atoms with Gasteiger partial charge < -0.3 is 0 Å². The maximum atomic E-state index is 4.27. The van der Waals surface area contributed by atoms with E-state index in [1.54, 1.807) is 0 Å². The molecule has 0 saturated carbocycles. The van der Waals surface area contributed by atoms with E-state index in [0.717, 1.165) is 12.0 Å². The summed E-state index contributed by atoms with van der Waals surface area (Å²) in [6.45, 7) is 17.0. The van der Waals surface area contributed by atoms with E-state index in [-0.39, 0.29) is 5.41 Å². The van der Waals surface area contributed by atoms with Crippen molar-refractivity contribution >= 4 is 11.1 Å². The minimum Gasteiger partial charge on any atom is -0.0955 e. The summed E-state index contributed by atoms with van der Waals surface area (Å²) >= 11 is 0. The summed E-state index contributed by atoms with van der Waals surface area (Å²) in [7, 11) is 0. The van der Waals surface area contributed by atoms with E-state index in [9.17, 15) is 0 Å². The van der Waals surface area contributed by atoms with Crippen molar-refractivity contribution in [1.82, 2.24) is 0 Å². The number of rotatable bonds is 4. The molecule has 0 heterocycles. The smallest absolute Gasteiger partial charge is 0.0106 e. The van der Waals surface area contributed by atoms with Crippen LogP contribution in [0.2, 0.25) is 0 Å². The highest BCUT2D eigenvalue weighted by atomic mass is 14.3. The first-order valence-corrected chi connectivity index (χ1v) is 5.85. The van der Waals surface area contributed by atoms with Gasteiger partial charge in [0.05, 0.1) is 0 Å². The average molecular weight is 214 g/mol. The van der Waals surface area contributed by atoms with Gasteiger partial charge in [-0.1, -0.05) is 63.8 Å². The van der Waals surface area contributed by atoms with Crippen LogP contribution in [0, 0.1) is 5.41 Å². The number of allylic oxidation sites excluding steroid dienone is 2. The van der Waals surface area contributed by atoms with Crippen molar-refractivity contribution in [2.24, 2.45) is 5.41 Å². The Morgan fingerprint density at radius 1 is 1.12 bits per heavy atom. The van der Waals surface area contributed by atoms with Crippen LogP contribution in [0.3, 0.4) is 0 Å². The van der Waals surface area contributed by atoms with E-state index >= 15 is 0 Å². The number of hydrogen-bond acceptors (Lipinski definition) is 0. The molecule has 1 aromatic carbocycles. The molecule has 0 unspecified atom stereocenters. The van der Waals surface area contributed by atoms with Crippen molar-refractivity contribution in [2.75, 3.05) is 0 Å². The van der Waals surface area contributed by atoms with Gasteiger partial charge in [-0.15, -0.1) is 0 Å². The molecular formula is C16H22. The first-order chi connectivity index (χ1) is 7.40. The molecule has 86 valence electrons. The van der Waals surface area contributed by atoms with Crippen LogP contribution in [0.4, 0.5) is 0 Å². The van der Waals surface area contributed by atoms with Crippen LogP contribution in [0.5, 0.6) is 0 Å². The normalized spacial score (nSPS) is 11.2. The van der Waals surface area contributed by atoms with Gasteiger partial charge in [-0.05, 0) is 35.5 Å². The van der Waals surface area contributed by atoms with Gasteiger partial charge >= 0.3 is 0 Å². The zero-order valence-corrected chi connectivity index (χ0v) is 10.9. The Hall–Kier alpha value is -1.30. The molecular weight excluding hydrogens is 192 g/mol. The SMILES string of the molecule is C=C(C)c1ccccc1C(=C)C(C)(C)CC. The molecule has 0 fully saturated rings. The molecule has 0 N–H and O–H groups in total. The van der Waals surface area contributed by atoms with Crippen LogP contribution in [-0.2, 0) is 0 Å². The lowest BCUT2D eigenvalue weighted by molar-refractivity contribution is 0.483. The summed E-state index contributed by atoms with van der Waals surface area (Å²) in [5, 5.41) is 0. The Balaban J connectivity index is 3.24. The monoisotopic (exact) mass is 214 g/mol. The topological polar surface area (TPSA) is 0 Å². The molecule has 0 aliphatic rings. The quantitative estimate of drug-likeness (QED) is 0.648. The Morgan fingerprint density at radius 2 is 1.62 bits per heavy atom. The molecule has 1 rings (SSSR count). The van der Waals surface area contributed by atoms with Gasteiger partial charge in [0.1, 0.15) is 0 Å². The summed E-state index contributed by atoms with van der Waals surface area (Å²) in [5.41, 5.74) is 4.90. The molecule has 0 aliphatic heterocycles. The van der Waals surface area contributed by atoms with Crippen molar-refractivity contribution in [3.63, 3.8) is 0 Å². The second-order valence-electron chi connectivity index (χ2n) is 5.04. The molecule has 0 heteroatoms. The van der Waals surface area contributed by atoms with E-state index in [0.29, 0.717) is 0 Å². The summed E-state index contributed by atoms with van der Waals surface area (Å²) in [6, 6.07) is 8.39. The first-order valence-electron chi connectivity index (χ1n) is 5.85. The van der Waals surface area contributed by atoms with Gasteiger partial charge in [0, 0.05) is 0 Å². The lowest BCUT2D eigenvalue weighted by Crippen LogP contribution is -2.12. The van der Waals surface area contributed by atoms with Crippen molar-refractivity contribution in [1.29, 1.82) is 0 Å². The Morgan fingerprint density at radius 3 is 2.06 bits per heavy atom. The van der Waals surface area contributed by atoms with Gasteiger partial charge in [0.15, 0.2) is 0 Å². The lowest BCUT2D eigenvalue weighted by atomic mass is 9.77. The fourth-order valence-electron chi connectivity index (χ4n) is 1.70. The highest BCUT2D eigenvalue weighted by Gasteiger charge is 2.22. The lowest BCUT2D eigenvalue weighted by Gasteiger charge is -2.27. The molecule has 16 heavy (non-hydrogen) atoms. The predicted octanol–water partition coefficient (Wildman–Crippen LogP) is 5.17. The van der Waals surface area contributed by atoms with Gasteiger partial charge in [-0.25, -0.2) is 0 Å². The highest BCUT2D eigenvalue weighted by molar-refractivity contribution is 5.79. The molecule has 0 aromatic heterocycles. The average Bonchev–Trinajstić information content (AvgIpc) is 2.28. The Labute approximate surface area is 99.7 Å². The number of benzene rings is 1. The van der Waals surface area contributed by atoms with E-state index in [1.165, 1.54) is 16.7 Å². The maximum absolute atomic E-state index is 4.27. The van der Waals surface area contributed by atoms with Gasteiger partial charge in [0.2, 0.25) is 0 Å². The largest absolute Gasteiger partial charge is 0.0955 e. The minimum atomic E-state index is 0.144. The summed E-state index contributed by atoms with van der Waals surface area (Å²) in [4.78, 5) is 0. The maximum Gasteiger partial charge on any atom is -0.0106 e. The third-order valence-corrected chi connectivity index (χ3v) is 3.41. The van der Waals surface area contributed by atoms with Crippen molar-refractivity contribution in [3.05, 3.63) is 48.6 Å². The molecule has 0 aliphatic carbocycles. The molecule has 0 bridgehead atoms. The van der Waals surface area contributed by atoms with Crippen LogP contribution >= 0.6 is 0 Å². The Bertz CT molecular complexity index is 408. The van der Waals surface area contributed by atoms with Crippen molar-refractivity contribution in [3.8, 4) is 0 Å². The molecule has 1 aromatic rings. The van der Waals surface area contributed by atoms with Crippen LogP contribution in [0.1, 0.15) is 45.2 Å². The standard InChI is InChI=1S/C16H22/c1-7-16(5,6)13(4)15-11-9-8-10-14(15)12(2)3/h8-11H,2,4,7H2,1,3,5-6H3. The van der Waals surface area contributed by atoms with Gasteiger partial charge in [0.25, 0.3) is 0 Å². The second-order valence-corrected chi connectivity index (χ2v) is 5.04. The van der Waals surface area contributed by atoms with E-state index in [2.05, 4.69) is 58.2 Å². The molecule has 0 radical (unpaired) electrons. The van der Waals surface area contributed by atoms with Crippen LogP contribution in [-0.4, -0.2) is 0 Å². The molecule has 0 saturated heterocycles. The van der Waals surface area contributed by atoms with E-state index in [1.807, 2.05) is 6.92 Å². The third kappa shape index (κ3) is 2.44. The minimum absolute atomic E-state index is 0.144. The van der Waals surface area contributed by atoms with Gasteiger partial charge in [-0.2, -0.15) is 0 Å². The highest BCUT2D eigenvalue weighted by Crippen LogP contribution is 2.38. The number of hydrogen-bond donors (Lipinski definition) is 0. The summed E-state index contributed by atoms with van der Waals surface area (Å²) < 4.78 is 0. The first kappa shape index (κ1) is 12.8. The zero-order chi connectivity index (χ0) is 12.3. The fourth-order valence-corrected chi connectivity index (χ4v) is 1.70. The predicted molar refractivity (Wildman–Crippen MR) is 74.3 cm³/mol. The second kappa shape index (κ2) is 4.69. The zero-order valence-electron chi connectivity index (χ0n) is 10.9. The molecule has 0 amide bonds. The van der Waals surface area contributed by atoms with Crippen LogP contribution in [0.15, 0.2) is 37.4 Å². The van der Waals surface area contributed by atoms with Crippen molar-refractivity contribution < 1.29 is 0 Å². The van der Waals surface area contributed by atoms with E-state index < -0.39 is 0 Å². The third-order valence-electron chi connectivity index (χ3n) is 3.41. The summed E-state index contributed by atoms with van der Waals surface area (Å²) in [6.07, 6.45) is 1.09.